The van der Waals surface area contributed by atoms with Crippen LogP contribution in [0.2, 0.25) is 0 Å². The Morgan fingerprint density at radius 3 is 2.35 bits per heavy atom. The Balaban J connectivity index is 2.85. The number of halogens is 1. The fourth-order valence-corrected chi connectivity index (χ4v) is 1.64. The average Bonchev–Trinajstić information content (AvgIpc) is 2.26. The van der Waals surface area contributed by atoms with Crippen LogP contribution in [0.15, 0.2) is 41.1 Å². The quantitative estimate of drug-likeness (QED) is 0.830. The molecule has 0 saturated carbocycles. The summed E-state index contributed by atoms with van der Waals surface area (Å²) in [6.07, 6.45) is 0.578. The van der Waals surface area contributed by atoms with E-state index in [0.29, 0.717) is 17.2 Å². The van der Waals surface area contributed by atoms with Crippen molar-refractivity contribution in [1.29, 1.82) is 5.26 Å². The van der Waals surface area contributed by atoms with Crippen LogP contribution in [0.3, 0.4) is 0 Å². The highest BCUT2D eigenvalue weighted by Gasteiger charge is 2.13. The lowest BCUT2D eigenvalue weighted by Gasteiger charge is -2.22. The molecule has 0 aliphatic rings. The summed E-state index contributed by atoms with van der Waals surface area (Å²) in [4.78, 5) is 0. The normalized spacial score (nSPS) is 12.6. The van der Waals surface area contributed by atoms with E-state index in [0.717, 1.165) is 5.56 Å². The SMILES string of the molecule is CC(C)(C)N/C(C#N)=C(\Cl)Cc1ccccc1. The molecule has 1 aromatic rings. The maximum atomic E-state index is 9.08. The molecule has 0 atom stereocenters. The van der Waals surface area contributed by atoms with Gasteiger partial charge in [0.2, 0.25) is 0 Å². The smallest absolute Gasteiger partial charge is 0.129 e. The lowest BCUT2D eigenvalue weighted by Crippen LogP contribution is -2.35. The van der Waals surface area contributed by atoms with E-state index in [2.05, 4.69) is 11.4 Å². The van der Waals surface area contributed by atoms with Gasteiger partial charge in [-0.05, 0) is 26.3 Å². The Morgan fingerprint density at radius 2 is 1.88 bits per heavy atom. The molecule has 1 rings (SSSR count). The standard InChI is InChI=1S/C14H17ClN2/c1-14(2,3)17-13(10-16)12(15)9-11-7-5-4-6-8-11/h4-8,17H,9H2,1-3H3/b13-12-. The second-order valence-electron chi connectivity index (χ2n) is 4.93. The van der Waals surface area contributed by atoms with Crippen LogP contribution in [-0.4, -0.2) is 5.54 Å². The van der Waals surface area contributed by atoms with Crippen molar-refractivity contribution in [2.75, 3.05) is 0 Å². The zero-order chi connectivity index (χ0) is 12.9. The molecule has 0 bridgehead atoms. The van der Waals surface area contributed by atoms with E-state index in [4.69, 9.17) is 16.9 Å². The minimum atomic E-state index is -0.165. The van der Waals surface area contributed by atoms with Crippen molar-refractivity contribution in [3.8, 4) is 6.07 Å². The number of nitriles is 1. The molecule has 0 radical (unpaired) electrons. The highest BCUT2D eigenvalue weighted by molar-refractivity contribution is 6.30. The van der Waals surface area contributed by atoms with E-state index < -0.39 is 0 Å². The Kier molecular flexibility index (Phi) is 4.60. The maximum Gasteiger partial charge on any atom is 0.129 e. The van der Waals surface area contributed by atoms with Crippen LogP contribution >= 0.6 is 11.6 Å². The molecule has 17 heavy (non-hydrogen) atoms. The number of hydrogen-bond donors (Lipinski definition) is 1. The zero-order valence-corrected chi connectivity index (χ0v) is 11.2. The van der Waals surface area contributed by atoms with E-state index >= 15 is 0 Å². The van der Waals surface area contributed by atoms with E-state index in [9.17, 15) is 0 Å². The van der Waals surface area contributed by atoms with Gasteiger partial charge in [-0.25, -0.2) is 0 Å². The summed E-state index contributed by atoms with van der Waals surface area (Å²) >= 11 is 6.18. The molecule has 0 amide bonds. The monoisotopic (exact) mass is 248 g/mol. The molecule has 1 aromatic carbocycles. The van der Waals surface area contributed by atoms with Crippen molar-refractivity contribution < 1.29 is 0 Å². The topological polar surface area (TPSA) is 35.8 Å². The van der Waals surface area contributed by atoms with Crippen LogP contribution in [0.25, 0.3) is 0 Å². The first-order chi connectivity index (χ1) is 7.92. The van der Waals surface area contributed by atoms with Crippen molar-refractivity contribution in [2.24, 2.45) is 0 Å². The van der Waals surface area contributed by atoms with Gasteiger partial charge < -0.3 is 5.32 Å². The van der Waals surface area contributed by atoms with Crippen molar-refractivity contribution >= 4 is 11.6 Å². The molecule has 2 nitrogen and oxygen atoms in total. The van der Waals surface area contributed by atoms with Gasteiger partial charge >= 0.3 is 0 Å². The molecule has 0 aromatic heterocycles. The van der Waals surface area contributed by atoms with Gasteiger partial charge in [0.25, 0.3) is 0 Å². The molecule has 0 heterocycles. The molecule has 0 fully saturated rings. The fraction of sp³-hybridized carbons (Fsp3) is 0.357. The van der Waals surface area contributed by atoms with Crippen molar-refractivity contribution in [3.63, 3.8) is 0 Å². The van der Waals surface area contributed by atoms with Crippen LogP contribution in [0.1, 0.15) is 26.3 Å². The number of benzene rings is 1. The van der Waals surface area contributed by atoms with Gasteiger partial charge in [0.15, 0.2) is 0 Å². The van der Waals surface area contributed by atoms with Crippen molar-refractivity contribution in [2.45, 2.75) is 32.7 Å². The summed E-state index contributed by atoms with van der Waals surface area (Å²) in [7, 11) is 0. The highest BCUT2D eigenvalue weighted by atomic mass is 35.5. The molecule has 1 N–H and O–H groups in total. The van der Waals surface area contributed by atoms with E-state index in [-0.39, 0.29) is 5.54 Å². The Hall–Kier alpha value is -1.46. The molecule has 0 unspecified atom stereocenters. The molecule has 0 aliphatic heterocycles. The van der Waals surface area contributed by atoms with Crippen LogP contribution in [-0.2, 0) is 6.42 Å². The second-order valence-corrected chi connectivity index (χ2v) is 5.39. The van der Waals surface area contributed by atoms with Crippen molar-refractivity contribution in [1.82, 2.24) is 5.32 Å². The first kappa shape index (κ1) is 13.6. The number of nitrogens with one attached hydrogen (secondary N) is 1. The molecule has 90 valence electrons. The summed E-state index contributed by atoms with van der Waals surface area (Å²) in [6.45, 7) is 5.99. The summed E-state index contributed by atoms with van der Waals surface area (Å²) in [5.74, 6) is 0. The third-order valence-corrected chi connectivity index (χ3v) is 2.41. The van der Waals surface area contributed by atoms with Crippen LogP contribution in [0.5, 0.6) is 0 Å². The van der Waals surface area contributed by atoms with Gasteiger partial charge in [0.05, 0.1) is 5.03 Å². The first-order valence-electron chi connectivity index (χ1n) is 5.53. The van der Waals surface area contributed by atoms with Gasteiger partial charge in [-0.15, -0.1) is 0 Å². The molecular weight excluding hydrogens is 232 g/mol. The number of hydrogen-bond acceptors (Lipinski definition) is 2. The number of allylic oxidation sites excluding steroid dienone is 2. The number of rotatable bonds is 3. The summed E-state index contributed by atoms with van der Waals surface area (Å²) in [5.41, 5.74) is 1.38. The minimum Gasteiger partial charge on any atom is -0.371 e. The van der Waals surface area contributed by atoms with Gasteiger partial charge in [0, 0.05) is 12.0 Å². The fourth-order valence-electron chi connectivity index (χ4n) is 1.39. The molecule has 0 saturated heterocycles. The van der Waals surface area contributed by atoms with E-state index in [1.54, 1.807) is 0 Å². The molecular formula is C14H17ClN2. The zero-order valence-electron chi connectivity index (χ0n) is 10.4. The summed E-state index contributed by atoms with van der Waals surface area (Å²) in [6, 6.07) is 12.0. The van der Waals surface area contributed by atoms with Crippen LogP contribution in [0, 0.1) is 11.3 Å². The molecule has 3 heteroatoms. The third-order valence-electron chi connectivity index (χ3n) is 2.09. The maximum absolute atomic E-state index is 9.08. The Morgan fingerprint density at radius 1 is 1.29 bits per heavy atom. The lowest BCUT2D eigenvalue weighted by atomic mass is 10.1. The largest absolute Gasteiger partial charge is 0.371 e. The third kappa shape index (κ3) is 4.93. The lowest BCUT2D eigenvalue weighted by molar-refractivity contribution is 0.479. The van der Waals surface area contributed by atoms with Gasteiger partial charge in [-0.2, -0.15) is 5.26 Å². The van der Waals surface area contributed by atoms with Gasteiger partial charge in [-0.3, -0.25) is 0 Å². The van der Waals surface area contributed by atoms with E-state index in [1.807, 2.05) is 51.1 Å². The minimum absolute atomic E-state index is 0.165. The molecule has 0 aliphatic carbocycles. The first-order valence-corrected chi connectivity index (χ1v) is 5.91. The van der Waals surface area contributed by atoms with Gasteiger partial charge in [0.1, 0.15) is 11.8 Å². The molecule has 0 spiro atoms. The van der Waals surface area contributed by atoms with E-state index in [1.165, 1.54) is 0 Å². The number of nitrogens with zero attached hydrogens (tertiary/aromatic N) is 1. The predicted molar refractivity (Wildman–Crippen MR) is 71.5 cm³/mol. The Labute approximate surface area is 108 Å². The van der Waals surface area contributed by atoms with Crippen LogP contribution < -0.4 is 5.32 Å². The van der Waals surface area contributed by atoms with Crippen molar-refractivity contribution in [3.05, 3.63) is 46.6 Å². The van der Waals surface area contributed by atoms with Crippen LogP contribution in [0.4, 0.5) is 0 Å². The summed E-state index contributed by atoms with van der Waals surface area (Å²) < 4.78 is 0. The van der Waals surface area contributed by atoms with Gasteiger partial charge in [-0.1, -0.05) is 41.9 Å². The second kappa shape index (κ2) is 5.75. The summed E-state index contributed by atoms with van der Waals surface area (Å²) in [5, 5.41) is 12.7. The Bertz CT molecular complexity index is 436. The average molecular weight is 249 g/mol. The predicted octanol–water partition coefficient (Wildman–Crippen LogP) is 3.59. The highest BCUT2D eigenvalue weighted by Crippen LogP contribution is 2.16.